The number of rotatable bonds is 6. The number of thiophene rings is 1. The number of ether oxygens (including phenoxy) is 1. The van der Waals surface area contributed by atoms with Crippen molar-refractivity contribution in [2.75, 3.05) is 26.7 Å². The minimum absolute atomic E-state index is 0.111. The number of halogens is 1. The molecule has 0 bridgehead atoms. The summed E-state index contributed by atoms with van der Waals surface area (Å²) in [5.74, 6) is 0.460. The second-order valence-electron chi connectivity index (χ2n) is 5.83. The lowest BCUT2D eigenvalue weighted by Gasteiger charge is -2.27. The molecule has 1 N–H and O–H groups in total. The molecule has 1 fully saturated rings. The van der Waals surface area contributed by atoms with Gasteiger partial charge in [-0.3, -0.25) is 9.69 Å². The van der Waals surface area contributed by atoms with E-state index in [0.717, 1.165) is 13.1 Å². The fraction of sp³-hybridized carbons (Fsp3) is 0.389. The Morgan fingerprint density at radius 1 is 1.38 bits per heavy atom. The second kappa shape index (κ2) is 8.01. The number of hydrogen-bond acceptors (Lipinski definition) is 4. The topological polar surface area (TPSA) is 41.6 Å². The summed E-state index contributed by atoms with van der Waals surface area (Å²) in [6.45, 7) is 2.78. The van der Waals surface area contributed by atoms with Gasteiger partial charge in [0.25, 0.3) is 5.91 Å². The van der Waals surface area contributed by atoms with Crippen LogP contribution in [-0.2, 0) is 0 Å². The maximum absolute atomic E-state index is 12.5. The van der Waals surface area contributed by atoms with Crippen molar-refractivity contribution < 1.29 is 9.53 Å². The Morgan fingerprint density at radius 3 is 2.79 bits per heavy atom. The Kier molecular flexibility index (Phi) is 5.76. The Hall–Kier alpha value is -1.56. The number of nitrogens with one attached hydrogen (secondary N) is 1. The van der Waals surface area contributed by atoms with Gasteiger partial charge in [-0.05, 0) is 55.6 Å². The van der Waals surface area contributed by atoms with Crippen molar-refractivity contribution in [2.45, 2.75) is 18.9 Å². The van der Waals surface area contributed by atoms with E-state index in [-0.39, 0.29) is 11.9 Å². The first-order valence-corrected chi connectivity index (χ1v) is 9.34. The second-order valence-corrected chi connectivity index (χ2v) is 7.22. The molecule has 24 heavy (non-hydrogen) atoms. The first-order valence-electron chi connectivity index (χ1n) is 8.08. The first kappa shape index (κ1) is 17.3. The molecule has 128 valence electrons. The molecule has 1 aliphatic rings. The van der Waals surface area contributed by atoms with Gasteiger partial charge in [-0.2, -0.15) is 0 Å². The third kappa shape index (κ3) is 3.91. The largest absolute Gasteiger partial charge is 0.495 e. The molecule has 0 spiro atoms. The fourth-order valence-corrected chi connectivity index (χ4v) is 4.16. The summed E-state index contributed by atoms with van der Waals surface area (Å²) in [4.78, 5) is 16.2. The van der Waals surface area contributed by atoms with E-state index in [1.54, 1.807) is 36.6 Å². The van der Waals surface area contributed by atoms with Crippen LogP contribution < -0.4 is 10.1 Å². The Balaban J connectivity index is 1.67. The van der Waals surface area contributed by atoms with E-state index < -0.39 is 0 Å². The molecule has 0 aliphatic carbocycles. The van der Waals surface area contributed by atoms with Crippen LogP contribution in [0.2, 0.25) is 5.02 Å². The van der Waals surface area contributed by atoms with Gasteiger partial charge < -0.3 is 10.1 Å². The number of amides is 1. The molecule has 0 saturated carbocycles. The highest BCUT2D eigenvalue weighted by Gasteiger charge is 2.24. The summed E-state index contributed by atoms with van der Waals surface area (Å²) in [5.41, 5.74) is 0.548. The Labute approximate surface area is 151 Å². The lowest BCUT2D eigenvalue weighted by Crippen LogP contribution is -2.36. The van der Waals surface area contributed by atoms with Gasteiger partial charge in [-0.25, -0.2) is 0 Å². The van der Waals surface area contributed by atoms with Gasteiger partial charge in [-0.1, -0.05) is 17.7 Å². The molecule has 1 aliphatic heterocycles. The van der Waals surface area contributed by atoms with Crippen LogP contribution in [0.15, 0.2) is 35.7 Å². The molecule has 0 unspecified atom stereocenters. The van der Waals surface area contributed by atoms with Crippen molar-refractivity contribution in [3.63, 3.8) is 0 Å². The maximum atomic E-state index is 12.5. The zero-order valence-electron chi connectivity index (χ0n) is 13.6. The molecule has 0 radical (unpaired) electrons. The summed E-state index contributed by atoms with van der Waals surface area (Å²) in [7, 11) is 1.56. The number of carbonyl (C=O) groups excluding carboxylic acids is 1. The predicted octanol–water partition coefficient (Wildman–Crippen LogP) is 3.98. The summed E-state index contributed by atoms with van der Waals surface area (Å²) in [6, 6.07) is 9.54. The minimum atomic E-state index is -0.111. The van der Waals surface area contributed by atoms with Crippen molar-refractivity contribution in [1.29, 1.82) is 0 Å². The molecule has 2 heterocycles. The summed E-state index contributed by atoms with van der Waals surface area (Å²) >= 11 is 7.85. The third-order valence-electron chi connectivity index (χ3n) is 4.32. The van der Waals surface area contributed by atoms with Crippen LogP contribution in [0.3, 0.4) is 0 Å². The lowest BCUT2D eigenvalue weighted by atomic mass is 10.1. The standard InChI is InChI=1S/C18H21ClN2O2S/c1-23-16-7-6-13(11-14(16)19)18(22)20-12-15(17-5-4-10-24-17)21-8-2-3-9-21/h4-7,10-11,15H,2-3,8-9,12H2,1H3,(H,20,22)/t15-/m1/s1. The smallest absolute Gasteiger partial charge is 0.251 e. The minimum Gasteiger partial charge on any atom is -0.495 e. The average Bonchev–Trinajstić information content (AvgIpc) is 3.29. The highest BCUT2D eigenvalue weighted by molar-refractivity contribution is 7.10. The van der Waals surface area contributed by atoms with Crippen LogP contribution in [0.5, 0.6) is 5.75 Å². The van der Waals surface area contributed by atoms with E-state index in [1.165, 1.54) is 17.7 Å². The van der Waals surface area contributed by atoms with Crippen LogP contribution in [0.4, 0.5) is 0 Å². The molecule has 3 rings (SSSR count). The molecule has 2 aromatic rings. The fourth-order valence-electron chi connectivity index (χ4n) is 3.04. The lowest BCUT2D eigenvalue weighted by molar-refractivity contribution is 0.0938. The van der Waals surface area contributed by atoms with Gasteiger partial charge in [0.15, 0.2) is 0 Å². The predicted molar refractivity (Wildman–Crippen MR) is 98.2 cm³/mol. The third-order valence-corrected chi connectivity index (χ3v) is 5.59. The summed E-state index contributed by atoms with van der Waals surface area (Å²) in [5, 5.41) is 5.59. The summed E-state index contributed by atoms with van der Waals surface area (Å²) < 4.78 is 5.13. The van der Waals surface area contributed by atoms with Gasteiger partial charge in [0.1, 0.15) is 5.75 Å². The highest BCUT2D eigenvalue weighted by atomic mass is 35.5. The zero-order chi connectivity index (χ0) is 16.9. The zero-order valence-corrected chi connectivity index (χ0v) is 15.2. The Morgan fingerprint density at radius 2 is 2.17 bits per heavy atom. The highest BCUT2D eigenvalue weighted by Crippen LogP contribution is 2.28. The van der Waals surface area contributed by atoms with Crippen molar-refractivity contribution in [1.82, 2.24) is 10.2 Å². The van der Waals surface area contributed by atoms with Crippen molar-refractivity contribution >= 4 is 28.8 Å². The van der Waals surface area contributed by atoms with Crippen molar-refractivity contribution in [3.05, 3.63) is 51.2 Å². The number of likely N-dealkylation sites (tertiary alicyclic amines) is 1. The van der Waals surface area contributed by atoms with Crippen LogP contribution in [0, 0.1) is 0 Å². The number of carbonyl (C=O) groups is 1. The molecule has 1 saturated heterocycles. The SMILES string of the molecule is COc1ccc(C(=O)NC[C@H](c2cccs2)N2CCCC2)cc1Cl. The van der Waals surface area contributed by atoms with Gasteiger partial charge in [0.2, 0.25) is 0 Å². The number of methoxy groups -OCH3 is 1. The molecule has 4 nitrogen and oxygen atoms in total. The van der Waals surface area contributed by atoms with Crippen molar-refractivity contribution in [2.24, 2.45) is 0 Å². The van der Waals surface area contributed by atoms with E-state index in [0.29, 0.717) is 22.9 Å². The first-order chi connectivity index (χ1) is 11.7. The van der Waals surface area contributed by atoms with Crippen LogP contribution >= 0.6 is 22.9 Å². The molecular formula is C18H21ClN2O2S. The quantitative estimate of drug-likeness (QED) is 0.843. The number of hydrogen-bond donors (Lipinski definition) is 1. The van der Waals surface area contributed by atoms with E-state index >= 15 is 0 Å². The van der Waals surface area contributed by atoms with E-state index in [4.69, 9.17) is 16.3 Å². The van der Waals surface area contributed by atoms with E-state index in [9.17, 15) is 4.79 Å². The molecule has 1 amide bonds. The molecule has 6 heteroatoms. The van der Waals surface area contributed by atoms with Gasteiger partial charge in [-0.15, -0.1) is 11.3 Å². The maximum Gasteiger partial charge on any atom is 0.251 e. The number of nitrogens with zero attached hydrogens (tertiary/aromatic N) is 1. The van der Waals surface area contributed by atoms with Gasteiger partial charge >= 0.3 is 0 Å². The number of benzene rings is 1. The molecule has 1 aromatic carbocycles. The normalized spacial score (nSPS) is 16.1. The van der Waals surface area contributed by atoms with Crippen LogP contribution in [-0.4, -0.2) is 37.6 Å². The molecule has 1 aromatic heterocycles. The van der Waals surface area contributed by atoms with E-state index in [1.807, 2.05) is 0 Å². The van der Waals surface area contributed by atoms with Gasteiger partial charge in [0.05, 0.1) is 18.2 Å². The average molecular weight is 365 g/mol. The van der Waals surface area contributed by atoms with Crippen molar-refractivity contribution in [3.8, 4) is 5.75 Å². The van der Waals surface area contributed by atoms with Crippen LogP contribution in [0.25, 0.3) is 0 Å². The van der Waals surface area contributed by atoms with Crippen LogP contribution in [0.1, 0.15) is 34.1 Å². The van der Waals surface area contributed by atoms with Gasteiger partial charge in [0, 0.05) is 17.0 Å². The molecule has 1 atom stereocenters. The summed E-state index contributed by atoms with van der Waals surface area (Å²) in [6.07, 6.45) is 2.45. The molecular weight excluding hydrogens is 344 g/mol. The Bertz CT molecular complexity index is 684. The van der Waals surface area contributed by atoms with E-state index in [2.05, 4.69) is 27.7 Å². The monoisotopic (exact) mass is 364 g/mol.